The fraction of sp³-hybridized carbons (Fsp3) is 0.474. The monoisotopic (exact) mass is 299 g/mol. The van der Waals surface area contributed by atoms with Crippen LogP contribution in [0.25, 0.3) is 0 Å². The Kier molecular flexibility index (Phi) is 4.77. The minimum Gasteiger partial charge on any atom is -0.302 e. The molecule has 1 aromatic heterocycles. The van der Waals surface area contributed by atoms with Crippen molar-refractivity contribution in [3.63, 3.8) is 0 Å². The van der Waals surface area contributed by atoms with Gasteiger partial charge < -0.3 is 5.32 Å². The molecule has 1 fully saturated rings. The van der Waals surface area contributed by atoms with Crippen LogP contribution in [0.4, 0.5) is 0 Å². The van der Waals surface area contributed by atoms with Gasteiger partial charge in [0.25, 0.3) is 0 Å². The van der Waals surface area contributed by atoms with Crippen molar-refractivity contribution in [1.82, 2.24) is 5.32 Å². The lowest BCUT2D eigenvalue weighted by molar-refractivity contribution is 0.343. The average molecular weight is 299 g/mol. The molecule has 1 nitrogen and oxygen atoms in total. The van der Waals surface area contributed by atoms with Crippen molar-refractivity contribution in [3.8, 4) is 0 Å². The Bertz CT molecular complexity index is 537. The summed E-state index contributed by atoms with van der Waals surface area (Å²) >= 11 is 1.90. The highest BCUT2D eigenvalue weighted by molar-refractivity contribution is 7.10. The van der Waals surface area contributed by atoms with Crippen molar-refractivity contribution in [2.75, 3.05) is 0 Å². The van der Waals surface area contributed by atoms with Crippen LogP contribution in [0.5, 0.6) is 0 Å². The molecule has 1 N–H and O–H groups in total. The zero-order chi connectivity index (χ0) is 14.7. The van der Waals surface area contributed by atoms with Crippen molar-refractivity contribution < 1.29 is 0 Å². The third-order valence-electron chi connectivity index (χ3n) is 4.73. The molecule has 1 aliphatic carbocycles. The summed E-state index contributed by atoms with van der Waals surface area (Å²) < 4.78 is 0. The number of hydrogen-bond donors (Lipinski definition) is 1. The van der Waals surface area contributed by atoms with Gasteiger partial charge in [0.1, 0.15) is 0 Å². The SMILES string of the molecule is Cc1ccc(C(C)NC(c2cccs2)C2CCCC2)cc1. The fourth-order valence-electron chi connectivity index (χ4n) is 3.43. The molecule has 2 unspecified atom stereocenters. The van der Waals surface area contributed by atoms with E-state index in [1.54, 1.807) is 0 Å². The molecule has 1 saturated carbocycles. The van der Waals surface area contributed by atoms with E-state index < -0.39 is 0 Å². The van der Waals surface area contributed by atoms with Crippen LogP contribution in [-0.4, -0.2) is 0 Å². The first-order valence-electron chi connectivity index (χ1n) is 8.10. The molecule has 1 aromatic carbocycles. The molecule has 0 aliphatic heterocycles. The van der Waals surface area contributed by atoms with E-state index in [1.165, 1.54) is 41.7 Å². The fourth-order valence-corrected chi connectivity index (χ4v) is 4.31. The van der Waals surface area contributed by atoms with Crippen molar-refractivity contribution in [3.05, 3.63) is 57.8 Å². The Labute approximate surface area is 132 Å². The van der Waals surface area contributed by atoms with Crippen LogP contribution in [0.1, 0.15) is 60.7 Å². The Morgan fingerprint density at radius 1 is 1.10 bits per heavy atom. The molecule has 0 bridgehead atoms. The molecule has 112 valence electrons. The van der Waals surface area contributed by atoms with Crippen LogP contribution in [0.15, 0.2) is 41.8 Å². The standard InChI is InChI=1S/C19H25NS/c1-14-9-11-16(12-10-14)15(2)20-19(17-6-3-4-7-17)18-8-5-13-21-18/h5,8-13,15,17,19-20H,3-4,6-7H2,1-2H3. The van der Waals surface area contributed by atoms with Crippen molar-refractivity contribution in [1.29, 1.82) is 0 Å². The van der Waals surface area contributed by atoms with E-state index in [1.807, 2.05) is 11.3 Å². The zero-order valence-electron chi connectivity index (χ0n) is 13.0. The summed E-state index contributed by atoms with van der Waals surface area (Å²) in [5, 5.41) is 6.11. The normalized spacial score (nSPS) is 18.8. The lowest BCUT2D eigenvalue weighted by Gasteiger charge is -2.28. The molecule has 2 aromatic rings. The topological polar surface area (TPSA) is 12.0 Å². The van der Waals surface area contributed by atoms with Crippen molar-refractivity contribution >= 4 is 11.3 Å². The summed E-state index contributed by atoms with van der Waals surface area (Å²) in [6.45, 7) is 4.44. The lowest BCUT2D eigenvalue weighted by atomic mass is 9.95. The highest BCUT2D eigenvalue weighted by atomic mass is 32.1. The number of rotatable bonds is 5. The van der Waals surface area contributed by atoms with Gasteiger partial charge in [0, 0.05) is 17.0 Å². The molecule has 3 rings (SSSR count). The van der Waals surface area contributed by atoms with Gasteiger partial charge in [0.2, 0.25) is 0 Å². The van der Waals surface area contributed by atoms with E-state index in [4.69, 9.17) is 0 Å². The number of aryl methyl sites for hydroxylation is 1. The summed E-state index contributed by atoms with van der Waals surface area (Å²) in [5.41, 5.74) is 2.72. The Morgan fingerprint density at radius 2 is 1.81 bits per heavy atom. The quantitative estimate of drug-likeness (QED) is 0.753. The highest BCUT2D eigenvalue weighted by Crippen LogP contribution is 2.38. The summed E-state index contributed by atoms with van der Waals surface area (Å²) in [6.07, 6.45) is 5.53. The Hall–Kier alpha value is -1.12. The third kappa shape index (κ3) is 3.56. The molecule has 0 spiro atoms. The molecular weight excluding hydrogens is 274 g/mol. The summed E-state index contributed by atoms with van der Waals surface area (Å²) in [7, 11) is 0. The zero-order valence-corrected chi connectivity index (χ0v) is 13.8. The second-order valence-corrected chi connectivity index (χ2v) is 7.32. The Balaban J connectivity index is 1.76. The smallest absolute Gasteiger partial charge is 0.0448 e. The number of hydrogen-bond acceptors (Lipinski definition) is 2. The maximum absolute atomic E-state index is 3.91. The molecule has 0 saturated heterocycles. The van der Waals surface area contributed by atoms with Gasteiger partial charge in [-0.1, -0.05) is 48.7 Å². The number of nitrogens with one attached hydrogen (secondary N) is 1. The predicted octanol–water partition coefficient (Wildman–Crippen LogP) is 5.64. The van der Waals surface area contributed by atoms with Crippen LogP contribution in [0.3, 0.4) is 0 Å². The highest BCUT2D eigenvalue weighted by Gasteiger charge is 2.28. The van der Waals surface area contributed by atoms with Gasteiger partial charge >= 0.3 is 0 Å². The van der Waals surface area contributed by atoms with Gasteiger partial charge in [-0.3, -0.25) is 0 Å². The van der Waals surface area contributed by atoms with E-state index in [-0.39, 0.29) is 0 Å². The molecule has 1 heterocycles. The van der Waals surface area contributed by atoms with Gasteiger partial charge in [-0.05, 0) is 49.6 Å². The van der Waals surface area contributed by atoms with Gasteiger partial charge in [0.05, 0.1) is 0 Å². The average Bonchev–Trinajstić information content (AvgIpc) is 3.19. The largest absolute Gasteiger partial charge is 0.302 e. The second kappa shape index (κ2) is 6.76. The minimum atomic E-state index is 0.401. The first-order chi connectivity index (χ1) is 10.2. The Morgan fingerprint density at radius 3 is 2.43 bits per heavy atom. The summed E-state index contributed by atoms with van der Waals surface area (Å²) in [5.74, 6) is 0.802. The molecule has 2 atom stereocenters. The van der Waals surface area contributed by atoms with Gasteiger partial charge in [-0.2, -0.15) is 0 Å². The van der Waals surface area contributed by atoms with Crippen LogP contribution in [0.2, 0.25) is 0 Å². The van der Waals surface area contributed by atoms with E-state index in [9.17, 15) is 0 Å². The number of thiophene rings is 1. The molecule has 0 radical (unpaired) electrons. The van der Waals surface area contributed by atoms with Gasteiger partial charge in [-0.15, -0.1) is 11.3 Å². The maximum atomic E-state index is 3.91. The first kappa shape index (κ1) is 14.8. The first-order valence-corrected chi connectivity index (χ1v) is 8.98. The van der Waals surface area contributed by atoms with E-state index in [0.29, 0.717) is 12.1 Å². The maximum Gasteiger partial charge on any atom is 0.0448 e. The van der Waals surface area contributed by atoms with Gasteiger partial charge in [0.15, 0.2) is 0 Å². The van der Waals surface area contributed by atoms with Crippen LogP contribution < -0.4 is 5.32 Å². The van der Waals surface area contributed by atoms with E-state index >= 15 is 0 Å². The number of benzene rings is 1. The molecule has 2 heteroatoms. The van der Waals surface area contributed by atoms with Crippen LogP contribution in [0, 0.1) is 12.8 Å². The van der Waals surface area contributed by atoms with E-state index in [2.05, 4.69) is 60.9 Å². The van der Waals surface area contributed by atoms with Crippen LogP contribution in [-0.2, 0) is 0 Å². The van der Waals surface area contributed by atoms with Crippen LogP contribution >= 0.6 is 11.3 Å². The predicted molar refractivity (Wildman–Crippen MR) is 91.7 cm³/mol. The third-order valence-corrected chi connectivity index (χ3v) is 5.68. The second-order valence-electron chi connectivity index (χ2n) is 6.34. The molecular formula is C19H25NS. The molecule has 1 aliphatic rings. The summed E-state index contributed by atoms with van der Waals surface area (Å²) in [6, 6.07) is 14.3. The van der Waals surface area contributed by atoms with Crippen molar-refractivity contribution in [2.24, 2.45) is 5.92 Å². The minimum absolute atomic E-state index is 0.401. The molecule has 0 amide bonds. The van der Waals surface area contributed by atoms with Crippen molar-refractivity contribution in [2.45, 2.75) is 51.6 Å². The molecule has 21 heavy (non-hydrogen) atoms. The lowest BCUT2D eigenvalue weighted by Crippen LogP contribution is -2.29. The summed E-state index contributed by atoms with van der Waals surface area (Å²) in [4.78, 5) is 1.50. The van der Waals surface area contributed by atoms with E-state index in [0.717, 1.165) is 5.92 Å². The van der Waals surface area contributed by atoms with Gasteiger partial charge in [-0.25, -0.2) is 0 Å².